The van der Waals surface area contributed by atoms with Crippen LogP contribution >= 0.6 is 24.0 Å². The van der Waals surface area contributed by atoms with Gasteiger partial charge in [-0.25, -0.2) is 4.98 Å². The third-order valence-electron chi connectivity index (χ3n) is 4.57. The third-order valence-corrected chi connectivity index (χ3v) is 4.57. The summed E-state index contributed by atoms with van der Waals surface area (Å²) in [7, 11) is 0. The van der Waals surface area contributed by atoms with Gasteiger partial charge in [-0.3, -0.25) is 4.99 Å². The molecule has 7 heteroatoms. The average molecular weight is 470 g/mol. The molecule has 0 radical (unpaired) electrons. The third kappa shape index (κ3) is 6.42. The monoisotopic (exact) mass is 470 g/mol. The predicted molar refractivity (Wildman–Crippen MR) is 119 cm³/mol. The Hall–Kier alpha value is -1.35. The van der Waals surface area contributed by atoms with Crippen molar-refractivity contribution in [3.8, 4) is 0 Å². The fourth-order valence-electron chi connectivity index (χ4n) is 3.25. The van der Waals surface area contributed by atoms with E-state index in [1.54, 1.807) is 0 Å². The summed E-state index contributed by atoms with van der Waals surface area (Å²) in [4.78, 5) is 15.2. The Kier molecular flexibility index (Phi) is 9.17. The summed E-state index contributed by atoms with van der Waals surface area (Å²) in [6.45, 7) is 8.15. The van der Waals surface area contributed by atoms with Crippen LogP contribution in [0.1, 0.15) is 32.0 Å². The molecule has 1 fully saturated rings. The van der Waals surface area contributed by atoms with Crippen LogP contribution in [-0.2, 0) is 6.42 Å². The van der Waals surface area contributed by atoms with Gasteiger partial charge in [0.1, 0.15) is 5.82 Å². The van der Waals surface area contributed by atoms with E-state index in [0.717, 1.165) is 55.4 Å². The van der Waals surface area contributed by atoms with Crippen molar-refractivity contribution >= 4 is 41.0 Å². The topological polar surface area (TPSA) is 68.3 Å². The van der Waals surface area contributed by atoms with Gasteiger partial charge in [0.25, 0.3) is 0 Å². The molecule has 1 saturated heterocycles. The molecular weight excluding hydrogens is 439 g/mol. The minimum Gasteiger partial charge on any atom is -0.357 e. The lowest BCUT2D eigenvalue weighted by molar-refractivity contribution is 0.235. The van der Waals surface area contributed by atoms with E-state index in [2.05, 4.69) is 38.5 Å². The van der Waals surface area contributed by atoms with E-state index in [1.165, 1.54) is 32.4 Å². The SMILES string of the molecule is CCNC(=NCCN1CCCCC1)NCCc1nc2ccccc2[nH]1.I. The summed E-state index contributed by atoms with van der Waals surface area (Å²) in [5, 5.41) is 6.73. The van der Waals surface area contributed by atoms with Crippen molar-refractivity contribution in [2.75, 3.05) is 39.3 Å². The number of aromatic nitrogens is 2. The maximum Gasteiger partial charge on any atom is 0.191 e. The molecule has 2 aromatic rings. The van der Waals surface area contributed by atoms with Crippen molar-refractivity contribution in [3.05, 3.63) is 30.1 Å². The number of guanidine groups is 1. The molecule has 26 heavy (non-hydrogen) atoms. The zero-order valence-corrected chi connectivity index (χ0v) is 18.0. The molecule has 0 unspecified atom stereocenters. The van der Waals surface area contributed by atoms with Gasteiger partial charge in [0.2, 0.25) is 0 Å². The van der Waals surface area contributed by atoms with E-state index in [4.69, 9.17) is 4.99 Å². The van der Waals surface area contributed by atoms with Crippen LogP contribution in [0.4, 0.5) is 0 Å². The van der Waals surface area contributed by atoms with E-state index in [-0.39, 0.29) is 24.0 Å². The molecule has 1 aromatic carbocycles. The van der Waals surface area contributed by atoms with Gasteiger partial charge in [0.15, 0.2) is 5.96 Å². The predicted octanol–water partition coefficient (Wildman–Crippen LogP) is 2.76. The Balaban J connectivity index is 0.00000243. The van der Waals surface area contributed by atoms with Crippen LogP contribution < -0.4 is 10.6 Å². The van der Waals surface area contributed by atoms with Gasteiger partial charge >= 0.3 is 0 Å². The number of imidazole rings is 1. The fourth-order valence-corrected chi connectivity index (χ4v) is 3.25. The number of halogens is 1. The number of aliphatic imine (C=N–C) groups is 1. The maximum atomic E-state index is 4.70. The number of piperidine rings is 1. The lowest BCUT2D eigenvalue weighted by Gasteiger charge is -2.25. The van der Waals surface area contributed by atoms with E-state index in [0.29, 0.717) is 0 Å². The fraction of sp³-hybridized carbons (Fsp3) is 0.579. The molecule has 1 aliphatic heterocycles. The molecule has 0 bridgehead atoms. The molecule has 6 nitrogen and oxygen atoms in total. The number of para-hydroxylation sites is 2. The molecule has 0 spiro atoms. The van der Waals surface area contributed by atoms with Gasteiger partial charge < -0.3 is 20.5 Å². The standard InChI is InChI=1S/C19H30N6.HI/c1-2-20-19(22-12-15-25-13-6-3-7-14-25)21-11-10-18-23-16-8-4-5-9-17(16)24-18;/h4-5,8-9H,2-3,6-7,10-15H2,1H3,(H,23,24)(H2,20,21,22);1H. The summed E-state index contributed by atoms with van der Waals surface area (Å²) < 4.78 is 0. The Morgan fingerprint density at radius 1 is 1.19 bits per heavy atom. The number of likely N-dealkylation sites (tertiary alicyclic amines) is 1. The highest BCUT2D eigenvalue weighted by atomic mass is 127. The summed E-state index contributed by atoms with van der Waals surface area (Å²) >= 11 is 0. The number of benzene rings is 1. The summed E-state index contributed by atoms with van der Waals surface area (Å²) in [5.41, 5.74) is 2.12. The Morgan fingerprint density at radius 2 is 2.00 bits per heavy atom. The minimum absolute atomic E-state index is 0. The average Bonchev–Trinajstić information content (AvgIpc) is 3.05. The van der Waals surface area contributed by atoms with Crippen molar-refractivity contribution in [1.82, 2.24) is 25.5 Å². The first-order valence-corrected chi connectivity index (χ1v) is 9.53. The normalized spacial score (nSPS) is 15.7. The van der Waals surface area contributed by atoms with E-state index in [9.17, 15) is 0 Å². The lowest BCUT2D eigenvalue weighted by atomic mass is 10.1. The first-order valence-electron chi connectivity index (χ1n) is 9.53. The van der Waals surface area contributed by atoms with Gasteiger partial charge in [-0.15, -0.1) is 24.0 Å². The maximum absolute atomic E-state index is 4.70. The largest absolute Gasteiger partial charge is 0.357 e. The molecule has 0 amide bonds. The molecule has 0 saturated carbocycles. The number of nitrogens with one attached hydrogen (secondary N) is 3. The number of rotatable bonds is 7. The van der Waals surface area contributed by atoms with Crippen molar-refractivity contribution in [3.63, 3.8) is 0 Å². The number of H-pyrrole nitrogens is 1. The molecule has 1 aliphatic rings. The van der Waals surface area contributed by atoms with Crippen molar-refractivity contribution in [2.24, 2.45) is 4.99 Å². The highest BCUT2D eigenvalue weighted by molar-refractivity contribution is 14.0. The second-order valence-electron chi connectivity index (χ2n) is 6.54. The van der Waals surface area contributed by atoms with Gasteiger partial charge in [-0.1, -0.05) is 18.6 Å². The second kappa shape index (κ2) is 11.4. The first kappa shape index (κ1) is 21.0. The van der Waals surface area contributed by atoms with Gasteiger partial charge in [0.05, 0.1) is 17.6 Å². The molecule has 0 aliphatic carbocycles. The zero-order chi connectivity index (χ0) is 17.3. The molecular formula is C19H31IN6. The Morgan fingerprint density at radius 3 is 2.77 bits per heavy atom. The highest BCUT2D eigenvalue weighted by Crippen LogP contribution is 2.10. The number of nitrogens with zero attached hydrogens (tertiary/aromatic N) is 3. The van der Waals surface area contributed by atoms with Gasteiger partial charge in [0, 0.05) is 26.1 Å². The van der Waals surface area contributed by atoms with Crippen LogP contribution in [0.5, 0.6) is 0 Å². The summed E-state index contributed by atoms with van der Waals surface area (Å²) in [6, 6.07) is 8.14. The second-order valence-corrected chi connectivity index (χ2v) is 6.54. The number of hydrogen-bond donors (Lipinski definition) is 3. The number of hydrogen-bond acceptors (Lipinski definition) is 3. The summed E-state index contributed by atoms with van der Waals surface area (Å²) in [5.74, 6) is 1.91. The van der Waals surface area contributed by atoms with Crippen LogP contribution in [0.15, 0.2) is 29.3 Å². The van der Waals surface area contributed by atoms with Gasteiger partial charge in [-0.05, 0) is 45.0 Å². The van der Waals surface area contributed by atoms with E-state index < -0.39 is 0 Å². The number of aromatic amines is 1. The Bertz CT molecular complexity index is 644. The highest BCUT2D eigenvalue weighted by Gasteiger charge is 2.09. The van der Waals surface area contributed by atoms with Crippen molar-refractivity contribution in [1.29, 1.82) is 0 Å². The van der Waals surface area contributed by atoms with Crippen LogP contribution in [0, 0.1) is 0 Å². The molecule has 1 aromatic heterocycles. The van der Waals surface area contributed by atoms with Crippen LogP contribution in [0.2, 0.25) is 0 Å². The van der Waals surface area contributed by atoms with Crippen LogP contribution in [-0.4, -0.2) is 60.1 Å². The molecule has 144 valence electrons. The van der Waals surface area contributed by atoms with Crippen molar-refractivity contribution < 1.29 is 0 Å². The molecule has 2 heterocycles. The van der Waals surface area contributed by atoms with Crippen molar-refractivity contribution in [2.45, 2.75) is 32.6 Å². The van der Waals surface area contributed by atoms with Crippen LogP contribution in [0.25, 0.3) is 11.0 Å². The molecule has 3 N–H and O–H groups in total. The van der Waals surface area contributed by atoms with E-state index in [1.807, 2.05) is 18.2 Å². The quantitative estimate of drug-likeness (QED) is 0.331. The first-order chi connectivity index (χ1) is 12.3. The van der Waals surface area contributed by atoms with Gasteiger partial charge in [-0.2, -0.15) is 0 Å². The summed E-state index contributed by atoms with van der Waals surface area (Å²) in [6.07, 6.45) is 4.90. The van der Waals surface area contributed by atoms with Crippen LogP contribution in [0.3, 0.4) is 0 Å². The number of fused-ring (bicyclic) bond motifs is 1. The molecule has 0 atom stereocenters. The Labute approximate surface area is 173 Å². The molecule has 3 rings (SSSR count). The minimum atomic E-state index is 0. The smallest absolute Gasteiger partial charge is 0.191 e. The lowest BCUT2D eigenvalue weighted by Crippen LogP contribution is -2.39. The van der Waals surface area contributed by atoms with E-state index >= 15 is 0 Å². The zero-order valence-electron chi connectivity index (χ0n) is 15.6.